The van der Waals surface area contributed by atoms with Gasteiger partial charge in [0.05, 0.1) is 16.5 Å². The molecule has 3 aromatic rings. The number of halogens is 3. The number of hydrogen-bond acceptors (Lipinski definition) is 10. The van der Waals surface area contributed by atoms with E-state index < -0.39 is 53.0 Å². The van der Waals surface area contributed by atoms with Crippen LogP contribution in [0.5, 0.6) is 0 Å². The molecule has 3 heterocycles. The summed E-state index contributed by atoms with van der Waals surface area (Å²) in [5, 5.41) is 15.3. The zero-order valence-electron chi connectivity index (χ0n) is 20.3. The molecule has 1 saturated carbocycles. The number of rotatable bonds is 8. The van der Waals surface area contributed by atoms with E-state index in [2.05, 4.69) is 15.3 Å². The highest BCUT2D eigenvalue weighted by Gasteiger charge is 2.42. The van der Waals surface area contributed by atoms with Crippen LogP contribution in [-0.2, 0) is 25.1 Å². The van der Waals surface area contributed by atoms with Gasteiger partial charge in [0.1, 0.15) is 31.0 Å². The average molecular weight is 601 g/mol. The Morgan fingerprint density at radius 1 is 1.31 bits per heavy atom. The molecule has 0 spiro atoms. The SMILES string of the molecule is CNS(=O)(=O)O[C@@H]1C[C@H](Nc2ncncc2C(=O)c2cc([C@@H]3OCC(F)(F)c4ccc(Cl)cc43)cs2)C[C@@H]1O. The van der Waals surface area contributed by atoms with E-state index in [0.717, 1.165) is 11.3 Å². The molecule has 2 aliphatic rings. The minimum absolute atomic E-state index is 0.146. The Morgan fingerprint density at radius 2 is 2.10 bits per heavy atom. The minimum Gasteiger partial charge on any atom is -0.390 e. The van der Waals surface area contributed by atoms with Crippen molar-refractivity contribution in [3.63, 3.8) is 0 Å². The molecule has 2 aromatic heterocycles. The van der Waals surface area contributed by atoms with E-state index in [0.29, 0.717) is 10.4 Å². The van der Waals surface area contributed by atoms with E-state index in [9.17, 15) is 27.1 Å². The monoisotopic (exact) mass is 600 g/mol. The fourth-order valence-electron chi connectivity index (χ4n) is 4.67. The van der Waals surface area contributed by atoms with Crippen molar-refractivity contribution in [2.24, 2.45) is 0 Å². The maximum absolute atomic E-state index is 14.4. The van der Waals surface area contributed by atoms with Crippen molar-refractivity contribution in [3.05, 3.63) is 74.3 Å². The van der Waals surface area contributed by atoms with Gasteiger partial charge < -0.3 is 15.2 Å². The molecule has 0 amide bonds. The smallest absolute Gasteiger partial charge is 0.335 e. The lowest BCUT2D eigenvalue weighted by Gasteiger charge is -2.31. The number of alkyl halides is 2. The summed E-state index contributed by atoms with van der Waals surface area (Å²) < 4.78 is 64.8. The lowest BCUT2D eigenvalue weighted by atomic mass is 9.92. The van der Waals surface area contributed by atoms with Crippen molar-refractivity contribution in [2.75, 3.05) is 19.0 Å². The Hall–Kier alpha value is -2.59. The Balaban J connectivity index is 1.35. The van der Waals surface area contributed by atoms with E-state index >= 15 is 0 Å². The van der Waals surface area contributed by atoms with Crippen molar-refractivity contribution >= 4 is 44.8 Å². The average Bonchev–Trinajstić information content (AvgIpc) is 3.50. The lowest BCUT2D eigenvalue weighted by Crippen LogP contribution is -2.31. The Kier molecular flexibility index (Phi) is 7.72. The zero-order chi connectivity index (χ0) is 27.9. The first-order valence-corrected chi connectivity index (χ1v) is 14.4. The second-order valence-corrected chi connectivity index (χ2v) is 12.0. The first-order valence-electron chi connectivity index (χ1n) is 11.8. The summed E-state index contributed by atoms with van der Waals surface area (Å²) in [6.45, 7) is -0.806. The van der Waals surface area contributed by atoms with Crippen molar-refractivity contribution in [1.82, 2.24) is 14.7 Å². The molecular formula is C24H23ClF2N4O6S2. The Labute approximate surface area is 231 Å². The molecule has 0 radical (unpaired) electrons. The number of nitrogens with zero attached hydrogens (tertiary/aromatic N) is 2. The maximum Gasteiger partial charge on any atom is 0.335 e. The number of ether oxygens (including phenoxy) is 1. The Bertz CT molecular complexity index is 1510. The lowest BCUT2D eigenvalue weighted by molar-refractivity contribution is -0.115. The van der Waals surface area contributed by atoms with Crippen molar-refractivity contribution in [2.45, 2.75) is 43.1 Å². The van der Waals surface area contributed by atoms with E-state index in [1.165, 1.54) is 37.8 Å². The van der Waals surface area contributed by atoms with Gasteiger partial charge in [-0.1, -0.05) is 17.7 Å². The number of nitrogens with one attached hydrogen (secondary N) is 2. The number of thiophene rings is 1. The van der Waals surface area contributed by atoms with Crippen molar-refractivity contribution in [3.8, 4) is 0 Å². The van der Waals surface area contributed by atoms with Gasteiger partial charge in [-0.05, 0) is 47.5 Å². The highest BCUT2D eigenvalue weighted by molar-refractivity contribution is 7.84. The van der Waals surface area contributed by atoms with Crippen LogP contribution in [0.1, 0.15) is 50.9 Å². The highest BCUT2D eigenvalue weighted by atomic mass is 35.5. The molecule has 4 atom stereocenters. The van der Waals surface area contributed by atoms with Crippen molar-refractivity contribution in [1.29, 1.82) is 0 Å². The summed E-state index contributed by atoms with van der Waals surface area (Å²) in [5.41, 5.74) is 0.733. The molecule has 10 nitrogen and oxygen atoms in total. The van der Waals surface area contributed by atoms with Crippen LogP contribution in [0, 0.1) is 0 Å². The van der Waals surface area contributed by atoms with Crippen LogP contribution in [0.4, 0.5) is 14.6 Å². The van der Waals surface area contributed by atoms with Gasteiger partial charge in [-0.3, -0.25) is 8.98 Å². The van der Waals surface area contributed by atoms with E-state index in [1.807, 2.05) is 4.72 Å². The third-order valence-electron chi connectivity index (χ3n) is 6.54. The standard InChI is InChI=1S/C24H23ClF2N4O6S2/c1-28-39(34,35)37-19-7-14(6-18(19)32)31-23-16(8-29-11-30-23)21(33)20-4-12(9-38-20)22-15-5-13(25)2-3-17(15)24(26,27)10-36-22/h2-5,8-9,11,14,18-19,22,28,32H,6-7,10H2,1H3,(H,29,30,31)/t14-,18+,19-,22+/m1/s1. The third kappa shape index (κ3) is 5.82. The van der Waals surface area contributed by atoms with Gasteiger partial charge in [0.15, 0.2) is 0 Å². The number of aromatic nitrogens is 2. The van der Waals surface area contributed by atoms with Crippen LogP contribution in [0.3, 0.4) is 0 Å². The number of carbonyl (C=O) groups excluding carboxylic acids is 1. The van der Waals surface area contributed by atoms with Crippen LogP contribution in [0.25, 0.3) is 0 Å². The van der Waals surface area contributed by atoms with Gasteiger partial charge in [-0.15, -0.1) is 11.3 Å². The summed E-state index contributed by atoms with van der Waals surface area (Å²) in [5.74, 6) is -3.38. The van der Waals surface area contributed by atoms with Gasteiger partial charge in [-0.2, -0.15) is 21.9 Å². The number of aliphatic hydroxyl groups excluding tert-OH is 1. The predicted molar refractivity (Wildman–Crippen MR) is 138 cm³/mol. The number of fused-ring (bicyclic) bond motifs is 1. The predicted octanol–water partition coefficient (Wildman–Crippen LogP) is 3.42. The van der Waals surface area contributed by atoms with Crippen molar-refractivity contribution < 1.29 is 36.0 Å². The largest absolute Gasteiger partial charge is 0.390 e. The third-order valence-corrected chi connectivity index (χ3v) is 8.72. The molecule has 0 saturated heterocycles. The molecule has 0 unspecified atom stereocenters. The van der Waals surface area contributed by atoms with E-state index in [-0.39, 0.29) is 40.4 Å². The van der Waals surface area contributed by atoms with Crippen LogP contribution >= 0.6 is 22.9 Å². The minimum atomic E-state index is -4.00. The summed E-state index contributed by atoms with van der Waals surface area (Å²) >= 11 is 7.19. The summed E-state index contributed by atoms with van der Waals surface area (Å²) in [6.07, 6.45) is 0.0530. The molecular weight excluding hydrogens is 578 g/mol. The molecule has 1 fully saturated rings. The van der Waals surface area contributed by atoms with Crippen LogP contribution in [0.2, 0.25) is 5.02 Å². The van der Waals surface area contributed by atoms with Crippen LogP contribution < -0.4 is 10.0 Å². The summed E-state index contributed by atoms with van der Waals surface area (Å²) in [6, 6.07) is 5.27. The molecule has 1 aliphatic carbocycles. The van der Waals surface area contributed by atoms with Crippen LogP contribution in [0.15, 0.2) is 42.2 Å². The zero-order valence-corrected chi connectivity index (χ0v) is 22.7. The second-order valence-electron chi connectivity index (χ2n) is 9.16. The van der Waals surface area contributed by atoms with Gasteiger partial charge in [0, 0.05) is 29.9 Å². The first-order chi connectivity index (χ1) is 18.5. The number of hydrogen-bond donors (Lipinski definition) is 3. The van der Waals surface area contributed by atoms with Gasteiger partial charge in [-0.25, -0.2) is 9.97 Å². The summed E-state index contributed by atoms with van der Waals surface area (Å²) in [4.78, 5) is 21.9. The Morgan fingerprint density at radius 3 is 2.87 bits per heavy atom. The van der Waals surface area contributed by atoms with E-state index in [4.69, 9.17) is 20.5 Å². The molecule has 208 valence electrons. The molecule has 39 heavy (non-hydrogen) atoms. The first kappa shape index (κ1) is 28.0. The number of benzene rings is 1. The van der Waals surface area contributed by atoms with Gasteiger partial charge in [0.2, 0.25) is 5.78 Å². The van der Waals surface area contributed by atoms with Gasteiger partial charge >= 0.3 is 10.3 Å². The second kappa shape index (κ2) is 10.8. The molecule has 3 N–H and O–H groups in total. The summed E-state index contributed by atoms with van der Waals surface area (Å²) in [7, 11) is -2.80. The topological polar surface area (TPSA) is 140 Å². The fourth-order valence-corrected chi connectivity index (χ4v) is 6.35. The quantitative estimate of drug-likeness (QED) is 0.332. The number of carbonyl (C=O) groups is 1. The fraction of sp³-hybridized carbons (Fsp3) is 0.375. The molecule has 0 bridgehead atoms. The van der Waals surface area contributed by atoms with E-state index in [1.54, 1.807) is 11.4 Å². The van der Waals surface area contributed by atoms with Crippen LogP contribution in [-0.4, -0.2) is 61.2 Å². The highest BCUT2D eigenvalue weighted by Crippen LogP contribution is 2.44. The van der Waals surface area contributed by atoms with Gasteiger partial charge in [0.25, 0.3) is 5.92 Å². The maximum atomic E-state index is 14.4. The normalized spacial score (nSPS) is 24.3. The number of aliphatic hydroxyl groups is 1. The molecule has 15 heteroatoms. The number of ketones is 1. The molecule has 1 aliphatic heterocycles. The molecule has 5 rings (SSSR count). The number of anilines is 1. The molecule has 1 aromatic carbocycles.